The van der Waals surface area contributed by atoms with Crippen molar-refractivity contribution >= 4 is 0 Å². The summed E-state index contributed by atoms with van der Waals surface area (Å²) in [5, 5.41) is 10.3. The van der Waals surface area contributed by atoms with E-state index in [-0.39, 0.29) is 5.82 Å². The summed E-state index contributed by atoms with van der Waals surface area (Å²) in [4.78, 5) is 8.00. The van der Waals surface area contributed by atoms with Crippen LogP contribution >= 0.6 is 0 Å². The lowest BCUT2D eigenvalue weighted by atomic mass is 9.93. The van der Waals surface area contributed by atoms with Gasteiger partial charge in [-0.05, 0) is 24.6 Å². The average molecular weight is 232 g/mol. The molecule has 0 amide bonds. The van der Waals surface area contributed by atoms with E-state index in [9.17, 15) is 9.50 Å². The number of aromatic nitrogens is 2. The van der Waals surface area contributed by atoms with Crippen LogP contribution in [0.1, 0.15) is 18.2 Å². The zero-order valence-electron chi connectivity index (χ0n) is 9.47. The summed E-state index contributed by atoms with van der Waals surface area (Å²) in [6, 6.07) is 6.06. The minimum atomic E-state index is -1.11. The first-order valence-electron chi connectivity index (χ1n) is 5.31. The zero-order chi connectivity index (χ0) is 12.3. The van der Waals surface area contributed by atoms with Gasteiger partial charge in [0.15, 0.2) is 0 Å². The van der Waals surface area contributed by atoms with Crippen molar-refractivity contribution in [1.82, 2.24) is 9.97 Å². The number of nitrogens with zero attached hydrogens (tertiary/aromatic N) is 2. The molecule has 0 aliphatic rings. The van der Waals surface area contributed by atoms with Gasteiger partial charge in [0, 0.05) is 18.8 Å². The molecular weight excluding hydrogens is 219 g/mol. The van der Waals surface area contributed by atoms with E-state index in [0.717, 1.165) is 5.56 Å². The van der Waals surface area contributed by atoms with E-state index in [1.807, 2.05) is 0 Å². The second-order valence-corrected chi connectivity index (χ2v) is 4.17. The summed E-state index contributed by atoms with van der Waals surface area (Å²) in [6.07, 6.45) is 4.99. The topological polar surface area (TPSA) is 46.0 Å². The molecular formula is C13H13FN2O. The Balaban J connectivity index is 2.20. The maximum atomic E-state index is 12.8. The molecule has 88 valence electrons. The molecule has 0 bridgehead atoms. The van der Waals surface area contributed by atoms with E-state index in [1.54, 1.807) is 25.3 Å². The highest BCUT2D eigenvalue weighted by Crippen LogP contribution is 2.22. The largest absolute Gasteiger partial charge is 0.383 e. The van der Waals surface area contributed by atoms with Crippen LogP contribution in [0.4, 0.5) is 4.39 Å². The Hall–Kier alpha value is -1.81. The van der Waals surface area contributed by atoms with Crippen molar-refractivity contribution in [2.75, 3.05) is 0 Å². The molecule has 0 radical (unpaired) electrons. The first kappa shape index (κ1) is 11.7. The molecule has 0 saturated carbocycles. The fraction of sp³-hybridized carbons (Fsp3) is 0.231. The van der Waals surface area contributed by atoms with Crippen LogP contribution in [0.25, 0.3) is 0 Å². The predicted octanol–water partition coefficient (Wildman–Crippen LogP) is 2.07. The normalized spacial score (nSPS) is 14.3. The van der Waals surface area contributed by atoms with Gasteiger partial charge in [0.1, 0.15) is 11.4 Å². The Morgan fingerprint density at radius 1 is 1.24 bits per heavy atom. The number of halogens is 1. The Kier molecular flexibility index (Phi) is 3.15. The molecule has 1 unspecified atom stereocenters. The third kappa shape index (κ3) is 2.85. The van der Waals surface area contributed by atoms with Crippen LogP contribution in [-0.2, 0) is 12.0 Å². The van der Waals surface area contributed by atoms with Crippen LogP contribution in [0.3, 0.4) is 0 Å². The first-order chi connectivity index (χ1) is 8.08. The summed E-state index contributed by atoms with van der Waals surface area (Å²) in [5.41, 5.74) is 0.248. The van der Waals surface area contributed by atoms with Crippen LogP contribution < -0.4 is 0 Å². The standard InChI is InChI=1S/C13H13FN2O/c1-13(17,12-9-15-6-7-16-12)8-10-2-4-11(14)5-3-10/h2-7,9,17H,8H2,1H3. The van der Waals surface area contributed by atoms with E-state index in [2.05, 4.69) is 9.97 Å². The highest BCUT2D eigenvalue weighted by Gasteiger charge is 2.25. The van der Waals surface area contributed by atoms with E-state index in [0.29, 0.717) is 12.1 Å². The summed E-state index contributed by atoms with van der Waals surface area (Å²) < 4.78 is 12.8. The van der Waals surface area contributed by atoms with Crippen molar-refractivity contribution < 1.29 is 9.50 Å². The fourth-order valence-electron chi connectivity index (χ4n) is 1.67. The number of hydrogen-bond donors (Lipinski definition) is 1. The van der Waals surface area contributed by atoms with Gasteiger partial charge in [0.2, 0.25) is 0 Å². The minimum Gasteiger partial charge on any atom is -0.383 e. The molecule has 17 heavy (non-hydrogen) atoms. The van der Waals surface area contributed by atoms with Gasteiger partial charge in [0.05, 0.1) is 11.9 Å². The third-order valence-electron chi connectivity index (χ3n) is 2.58. The van der Waals surface area contributed by atoms with Gasteiger partial charge in [0.25, 0.3) is 0 Å². The van der Waals surface area contributed by atoms with Crippen LogP contribution in [0.5, 0.6) is 0 Å². The second-order valence-electron chi connectivity index (χ2n) is 4.17. The lowest BCUT2D eigenvalue weighted by Crippen LogP contribution is -2.25. The van der Waals surface area contributed by atoms with Crippen LogP contribution in [-0.4, -0.2) is 15.1 Å². The third-order valence-corrected chi connectivity index (χ3v) is 2.58. The van der Waals surface area contributed by atoms with E-state index in [4.69, 9.17) is 0 Å². The van der Waals surface area contributed by atoms with Crippen LogP contribution in [0.15, 0.2) is 42.9 Å². The monoisotopic (exact) mass is 232 g/mol. The van der Waals surface area contributed by atoms with Crippen molar-refractivity contribution in [1.29, 1.82) is 0 Å². The zero-order valence-corrected chi connectivity index (χ0v) is 9.47. The summed E-state index contributed by atoms with van der Waals surface area (Å²) >= 11 is 0. The lowest BCUT2D eigenvalue weighted by Gasteiger charge is -2.22. The van der Waals surface area contributed by atoms with Gasteiger partial charge < -0.3 is 5.11 Å². The van der Waals surface area contributed by atoms with E-state index in [1.165, 1.54) is 24.5 Å². The van der Waals surface area contributed by atoms with Crippen molar-refractivity contribution in [2.24, 2.45) is 0 Å². The van der Waals surface area contributed by atoms with E-state index >= 15 is 0 Å². The van der Waals surface area contributed by atoms with Gasteiger partial charge in [-0.25, -0.2) is 4.39 Å². The molecule has 1 heterocycles. The molecule has 2 aromatic rings. The highest BCUT2D eigenvalue weighted by molar-refractivity contribution is 5.20. The summed E-state index contributed by atoms with van der Waals surface area (Å²) in [5.74, 6) is -0.284. The van der Waals surface area contributed by atoms with Gasteiger partial charge in [-0.1, -0.05) is 12.1 Å². The van der Waals surface area contributed by atoms with Gasteiger partial charge in [-0.15, -0.1) is 0 Å². The van der Waals surface area contributed by atoms with Crippen LogP contribution in [0.2, 0.25) is 0 Å². The van der Waals surface area contributed by atoms with Gasteiger partial charge in [-0.3, -0.25) is 9.97 Å². The maximum Gasteiger partial charge on any atom is 0.123 e. The molecule has 1 aromatic carbocycles. The summed E-state index contributed by atoms with van der Waals surface area (Å²) in [6.45, 7) is 1.67. The van der Waals surface area contributed by atoms with Crippen molar-refractivity contribution in [2.45, 2.75) is 18.9 Å². The fourth-order valence-corrected chi connectivity index (χ4v) is 1.67. The van der Waals surface area contributed by atoms with Crippen LogP contribution in [0, 0.1) is 5.82 Å². The first-order valence-corrected chi connectivity index (χ1v) is 5.31. The number of rotatable bonds is 3. The van der Waals surface area contributed by atoms with Crippen molar-refractivity contribution in [3.8, 4) is 0 Å². The quantitative estimate of drug-likeness (QED) is 0.881. The molecule has 1 atom stereocenters. The average Bonchev–Trinajstić information content (AvgIpc) is 2.33. The number of hydrogen-bond acceptors (Lipinski definition) is 3. The van der Waals surface area contributed by atoms with E-state index < -0.39 is 5.60 Å². The van der Waals surface area contributed by atoms with Gasteiger partial charge in [-0.2, -0.15) is 0 Å². The number of aliphatic hydroxyl groups is 1. The Morgan fingerprint density at radius 3 is 2.53 bits per heavy atom. The second kappa shape index (κ2) is 4.59. The molecule has 3 nitrogen and oxygen atoms in total. The van der Waals surface area contributed by atoms with Gasteiger partial charge >= 0.3 is 0 Å². The number of benzene rings is 1. The highest BCUT2D eigenvalue weighted by atomic mass is 19.1. The predicted molar refractivity (Wildman–Crippen MR) is 61.7 cm³/mol. The molecule has 1 aromatic heterocycles. The van der Waals surface area contributed by atoms with Crippen molar-refractivity contribution in [3.63, 3.8) is 0 Å². The Morgan fingerprint density at radius 2 is 1.94 bits per heavy atom. The molecule has 0 aliphatic heterocycles. The molecule has 0 aliphatic carbocycles. The minimum absolute atomic E-state index is 0.284. The molecule has 1 N–H and O–H groups in total. The summed E-state index contributed by atoms with van der Waals surface area (Å²) in [7, 11) is 0. The maximum absolute atomic E-state index is 12.8. The smallest absolute Gasteiger partial charge is 0.123 e. The molecule has 4 heteroatoms. The lowest BCUT2D eigenvalue weighted by molar-refractivity contribution is 0.0526. The molecule has 0 spiro atoms. The Bertz CT molecular complexity index is 483. The molecule has 2 rings (SSSR count). The SMILES string of the molecule is CC(O)(Cc1ccc(F)cc1)c1cnccn1. The molecule has 0 fully saturated rings. The molecule has 0 saturated heterocycles. The van der Waals surface area contributed by atoms with Crippen molar-refractivity contribution in [3.05, 3.63) is 59.9 Å². The Labute approximate surface area is 99.0 Å².